The van der Waals surface area contributed by atoms with Crippen LogP contribution in [-0.4, -0.2) is 8.42 Å². The minimum Gasteiger partial charge on any atom is -0.398 e. The predicted octanol–water partition coefficient (Wildman–Crippen LogP) is 2.99. The Morgan fingerprint density at radius 2 is 1.81 bits per heavy atom. The molecule has 0 saturated heterocycles. The van der Waals surface area contributed by atoms with Crippen LogP contribution in [-0.2, 0) is 21.5 Å². The molecule has 21 heavy (non-hydrogen) atoms. The highest BCUT2D eigenvalue weighted by atomic mass is 35.5. The third-order valence-corrected chi connectivity index (χ3v) is 4.51. The molecule has 2 aromatic rings. The number of halogens is 2. The quantitative estimate of drug-likeness (QED) is 0.644. The van der Waals surface area contributed by atoms with Crippen molar-refractivity contribution in [2.45, 2.75) is 11.5 Å². The Balaban J connectivity index is 2.12. The molecule has 0 aliphatic carbocycles. The lowest BCUT2D eigenvalue weighted by Gasteiger charge is -2.11. The van der Waals surface area contributed by atoms with E-state index >= 15 is 0 Å². The summed E-state index contributed by atoms with van der Waals surface area (Å²) in [5, 5.41) is 0.178. The molecule has 0 aromatic heterocycles. The van der Waals surface area contributed by atoms with Crippen LogP contribution in [0.1, 0.15) is 5.56 Å². The predicted molar refractivity (Wildman–Crippen MR) is 82.4 cm³/mol. The molecule has 3 N–H and O–H groups in total. The van der Waals surface area contributed by atoms with E-state index in [2.05, 4.69) is 0 Å². The van der Waals surface area contributed by atoms with Crippen molar-refractivity contribution in [3.8, 4) is 0 Å². The highest BCUT2D eigenvalue weighted by Crippen LogP contribution is 2.30. The highest BCUT2D eigenvalue weighted by molar-refractivity contribution is 7.89. The minimum atomic E-state index is -4.00. The van der Waals surface area contributed by atoms with Gasteiger partial charge in [0.15, 0.2) is 0 Å². The van der Waals surface area contributed by atoms with Crippen LogP contribution in [0.15, 0.2) is 47.4 Å². The third kappa shape index (κ3) is 4.09. The number of nitrogens with one attached hydrogen (secondary N) is 1. The van der Waals surface area contributed by atoms with Gasteiger partial charge < -0.3 is 5.73 Å². The van der Waals surface area contributed by atoms with Gasteiger partial charge in [-0.1, -0.05) is 58.4 Å². The largest absolute Gasteiger partial charge is 0.398 e. The van der Waals surface area contributed by atoms with E-state index in [9.17, 15) is 8.42 Å². The van der Waals surface area contributed by atoms with Gasteiger partial charge in [0.1, 0.15) is 4.90 Å². The fraction of sp³-hybridized carbons (Fsp3) is 0.0769. The smallest absolute Gasteiger partial charge is 0.266 e. The molecule has 2 aromatic carbocycles. The molecular weight excluding hydrogens is 335 g/mol. The molecule has 0 atom stereocenters. The monoisotopic (exact) mass is 346 g/mol. The zero-order chi connectivity index (χ0) is 15.5. The van der Waals surface area contributed by atoms with Crippen molar-refractivity contribution in [2.75, 3.05) is 5.73 Å². The molecule has 112 valence electrons. The average Bonchev–Trinajstić information content (AvgIpc) is 2.38. The van der Waals surface area contributed by atoms with E-state index < -0.39 is 10.0 Å². The van der Waals surface area contributed by atoms with Crippen molar-refractivity contribution in [3.63, 3.8) is 0 Å². The van der Waals surface area contributed by atoms with E-state index in [0.29, 0.717) is 0 Å². The number of sulfonamides is 1. The lowest BCUT2D eigenvalue weighted by Crippen LogP contribution is -2.25. The molecule has 0 bridgehead atoms. The molecule has 0 aliphatic rings. The summed E-state index contributed by atoms with van der Waals surface area (Å²) in [5.41, 5.74) is 6.41. The van der Waals surface area contributed by atoms with Crippen LogP contribution in [0.4, 0.5) is 5.69 Å². The van der Waals surface area contributed by atoms with Gasteiger partial charge in [0.25, 0.3) is 10.0 Å². The van der Waals surface area contributed by atoms with Crippen molar-refractivity contribution in [1.82, 2.24) is 4.89 Å². The highest BCUT2D eigenvalue weighted by Gasteiger charge is 2.22. The number of rotatable bonds is 5. The fourth-order valence-electron chi connectivity index (χ4n) is 1.67. The maximum atomic E-state index is 12.1. The topological polar surface area (TPSA) is 81.4 Å². The van der Waals surface area contributed by atoms with E-state index in [4.69, 9.17) is 33.8 Å². The Kier molecular flexibility index (Phi) is 5.08. The van der Waals surface area contributed by atoms with Crippen LogP contribution in [0, 0.1) is 0 Å². The Morgan fingerprint density at radius 1 is 1.14 bits per heavy atom. The first-order chi connectivity index (χ1) is 9.90. The zero-order valence-corrected chi connectivity index (χ0v) is 13.0. The van der Waals surface area contributed by atoms with E-state index in [1.165, 1.54) is 12.1 Å². The molecule has 2 rings (SSSR count). The van der Waals surface area contributed by atoms with Gasteiger partial charge in [0, 0.05) is 5.02 Å². The number of anilines is 1. The minimum absolute atomic E-state index is 0.0525. The maximum absolute atomic E-state index is 12.1. The molecule has 0 heterocycles. The third-order valence-electron chi connectivity index (χ3n) is 2.56. The maximum Gasteiger partial charge on any atom is 0.266 e. The number of nitrogens with two attached hydrogens (primary N) is 1. The fourth-order valence-corrected chi connectivity index (χ4v) is 3.47. The van der Waals surface area contributed by atoms with E-state index in [1.54, 1.807) is 12.1 Å². The second kappa shape index (κ2) is 6.64. The summed E-state index contributed by atoms with van der Waals surface area (Å²) in [6.45, 7) is 0.0746. The first-order valence-corrected chi connectivity index (χ1v) is 8.06. The van der Waals surface area contributed by atoms with Gasteiger partial charge in [0.05, 0.1) is 17.3 Å². The van der Waals surface area contributed by atoms with E-state index in [0.717, 1.165) is 5.56 Å². The van der Waals surface area contributed by atoms with Crippen LogP contribution in [0.5, 0.6) is 0 Å². The Labute approximate surface area is 132 Å². The summed E-state index contributed by atoms with van der Waals surface area (Å²) in [4.78, 5) is 6.72. The summed E-state index contributed by atoms with van der Waals surface area (Å²) in [6, 6.07) is 11.7. The van der Waals surface area contributed by atoms with Crippen LogP contribution < -0.4 is 10.6 Å². The van der Waals surface area contributed by atoms with Crippen molar-refractivity contribution in [3.05, 3.63) is 58.1 Å². The average molecular weight is 347 g/mol. The van der Waals surface area contributed by atoms with Crippen molar-refractivity contribution in [2.24, 2.45) is 0 Å². The number of benzene rings is 2. The molecule has 0 radical (unpaired) electrons. The summed E-state index contributed by atoms with van der Waals surface area (Å²) in [7, 11) is -4.00. The number of hydrogen-bond acceptors (Lipinski definition) is 4. The van der Waals surface area contributed by atoms with Gasteiger partial charge in [-0.15, -0.1) is 0 Å². The standard InChI is InChI=1S/C13H12Cl2N2O3S/c14-10-6-11(15)13(12(16)7-10)21(18,19)17-20-8-9-4-2-1-3-5-9/h1-7,17H,8,16H2. The van der Waals surface area contributed by atoms with E-state index in [-0.39, 0.29) is 27.2 Å². The van der Waals surface area contributed by atoms with Crippen LogP contribution >= 0.6 is 23.2 Å². The van der Waals surface area contributed by atoms with Gasteiger partial charge >= 0.3 is 0 Å². The normalized spacial score (nSPS) is 11.5. The summed E-state index contributed by atoms with van der Waals surface area (Å²) in [5.74, 6) is 0. The van der Waals surface area contributed by atoms with Crippen LogP contribution in [0.3, 0.4) is 0 Å². The SMILES string of the molecule is Nc1cc(Cl)cc(Cl)c1S(=O)(=O)NOCc1ccccc1. The van der Waals surface area contributed by atoms with Crippen molar-refractivity contribution >= 4 is 38.9 Å². The van der Waals surface area contributed by atoms with Crippen LogP contribution in [0.25, 0.3) is 0 Å². The van der Waals surface area contributed by atoms with Gasteiger partial charge in [-0.3, -0.25) is 4.84 Å². The van der Waals surface area contributed by atoms with Gasteiger partial charge in [-0.25, -0.2) is 8.42 Å². The molecule has 0 unspecified atom stereocenters. The molecule has 0 amide bonds. The van der Waals surface area contributed by atoms with Crippen LogP contribution in [0.2, 0.25) is 10.0 Å². The molecule has 0 spiro atoms. The summed E-state index contributed by atoms with van der Waals surface area (Å²) < 4.78 is 24.3. The first kappa shape index (κ1) is 16.1. The second-order valence-electron chi connectivity index (χ2n) is 4.17. The van der Waals surface area contributed by atoms with E-state index in [1.807, 2.05) is 23.1 Å². The molecule has 0 fully saturated rings. The number of nitrogen functional groups attached to an aromatic ring is 1. The number of hydrogen-bond donors (Lipinski definition) is 2. The lowest BCUT2D eigenvalue weighted by atomic mass is 10.2. The zero-order valence-electron chi connectivity index (χ0n) is 10.7. The molecule has 0 aliphatic heterocycles. The molecule has 8 heteroatoms. The first-order valence-electron chi connectivity index (χ1n) is 5.82. The Bertz CT molecular complexity index is 713. The summed E-state index contributed by atoms with van der Waals surface area (Å²) in [6.07, 6.45) is 0. The van der Waals surface area contributed by atoms with Gasteiger partial charge in [-0.2, -0.15) is 0 Å². The van der Waals surface area contributed by atoms with Gasteiger partial charge in [0.2, 0.25) is 0 Å². The summed E-state index contributed by atoms with van der Waals surface area (Å²) >= 11 is 11.6. The van der Waals surface area contributed by atoms with Gasteiger partial charge in [-0.05, 0) is 17.7 Å². The molecule has 5 nitrogen and oxygen atoms in total. The Morgan fingerprint density at radius 3 is 2.43 bits per heavy atom. The van der Waals surface area contributed by atoms with Crippen molar-refractivity contribution in [1.29, 1.82) is 0 Å². The molecular formula is C13H12Cl2N2O3S. The molecule has 0 saturated carbocycles. The Hall–Kier alpha value is -1.31. The second-order valence-corrected chi connectivity index (χ2v) is 6.59. The lowest BCUT2D eigenvalue weighted by molar-refractivity contribution is 0.0795. The van der Waals surface area contributed by atoms with Crippen molar-refractivity contribution < 1.29 is 13.3 Å².